The molecule has 0 spiro atoms. The third-order valence-corrected chi connectivity index (χ3v) is 2.99. The van der Waals surface area contributed by atoms with Gasteiger partial charge in [0, 0.05) is 41.9 Å². The van der Waals surface area contributed by atoms with E-state index in [9.17, 15) is 5.11 Å². The van der Waals surface area contributed by atoms with Gasteiger partial charge in [-0.2, -0.15) is 0 Å². The predicted molar refractivity (Wildman–Crippen MR) is 51.6 cm³/mol. The van der Waals surface area contributed by atoms with Gasteiger partial charge in [0.2, 0.25) is 0 Å². The molecule has 1 aliphatic carbocycles. The normalized spacial score (nSPS) is 37.9. The van der Waals surface area contributed by atoms with E-state index < -0.39 is 0 Å². The fourth-order valence-corrected chi connectivity index (χ4v) is 2.39. The van der Waals surface area contributed by atoms with Crippen LogP contribution in [0.25, 0.3) is 0 Å². The molecule has 0 amide bonds. The maximum absolute atomic E-state index is 9.33. The van der Waals surface area contributed by atoms with Crippen LogP contribution in [0.5, 0.6) is 0 Å². The molecule has 0 aromatic carbocycles. The van der Waals surface area contributed by atoms with Gasteiger partial charge in [-0.15, -0.1) is 0 Å². The smallest absolute Gasteiger partial charge is 0.0559 e. The van der Waals surface area contributed by atoms with Crippen molar-refractivity contribution in [2.45, 2.75) is 25.0 Å². The Hall–Kier alpha value is 0.610. The number of halogens is 1. The zero-order valence-electron chi connectivity index (χ0n) is 6.59. The van der Waals surface area contributed by atoms with Crippen LogP contribution in [0.4, 0.5) is 0 Å². The lowest BCUT2D eigenvalue weighted by Crippen LogP contribution is -2.27. The van der Waals surface area contributed by atoms with Crippen LogP contribution in [0.1, 0.15) is 12.8 Å². The molecule has 0 aromatic heterocycles. The third kappa shape index (κ3) is 2.54. The Morgan fingerprint density at radius 2 is 2.36 bits per heavy atom. The van der Waals surface area contributed by atoms with Gasteiger partial charge >= 0.3 is 0 Å². The van der Waals surface area contributed by atoms with Crippen molar-refractivity contribution in [3.05, 3.63) is 0 Å². The number of ether oxygens (including phenoxy) is 1. The van der Waals surface area contributed by atoms with E-state index in [1.165, 1.54) is 0 Å². The van der Waals surface area contributed by atoms with E-state index in [2.05, 4.69) is 26.4 Å². The Labute approximate surface area is 81.0 Å². The van der Waals surface area contributed by atoms with E-state index in [0.29, 0.717) is 12.0 Å². The summed E-state index contributed by atoms with van der Waals surface area (Å²) in [6.45, 7) is 0.748. The van der Waals surface area contributed by atoms with Gasteiger partial charge in [0.1, 0.15) is 0 Å². The predicted octanol–water partition coefficient (Wildman–Crippen LogP) is 0.712. The standard InChI is InChI=1S/C7H14INO2/c1-11-4-5-2-6(10)3-7(5)9-8/h5-7,9-10H,2-4H2,1H3. The van der Waals surface area contributed by atoms with E-state index in [4.69, 9.17) is 4.74 Å². The maximum atomic E-state index is 9.33. The van der Waals surface area contributed by atoms with E-state index >= 15 is 0 Å². The third-order valence-electron chi connectivity index (χ3n) is 2.19. The van der Waals surface area contributed by atoms with Gasteiger partial charge in [0.15, 0.2) is 0 Å². The van der Waals surface area contributed by atoms with Gasteiger partial charge in [-0.3, -0.25) is 3.53 Å². The summed E-state index contributed by atoms with van der Waals surface area (Å²) in [7, 11) is 1.70. The summed E-state index contributed by atoms with van der Waals surface area (Å²) in [5, 5.41) is 9.33. The van der Waals surface area contributed by atoms with E-state index in [1.54, 1.807) is 7.11 Å². The first-order valence-corrected chi connectivity index (χ1v) is 4.89. The molecule has 0 heterocycles. The summed E-state index contributed by atoms with van der Waals surface area (Å²) in [5.41, 5.74) is 0. The highest BCUT2D eigenvalue weighted by atomic mass is 127. The summed E-state index contributed by atoms with van der Waals surface area (Å²) >= 11 is 2.14. The number of nitrogens with one attached hydrogen (secondary N) is 1. The fraction of sp³-hybridized carbons (Fsp3) is 1.00. The molecule has 2 N–H and O–H groups in total. The lowest BCUT2D eigenvalue weighted by atomic mass is 10.1. The molecule has 1 saturated carbocycles. The van der Waals surface area contributed by atoms with Crippen LogP contribution in [-0.2, 0) is 4.74 Å². The van der Waals surface area contributed by atoms with Gasteiger partial charge in [-0.1, -0.05) is 0 Å². The Kier molecular flexibility index (Phi) is 4.05. The number of rotatable bonds is 3. The number of hydrogen-bond acceptors (Lipinski definition) is 3. The van der Waals surface area contributed by atoms with Gasteiger partial charge in [0.05, 0.1) is 12.7 Å². The van der Waals surface area contributed by atoms with Crippen LogP contribution in [0.3, 0.4) is 0 Å². The van der Waals surface area contributed by atoms with E-state index in [1.807, 2.05) is 0 Å². The number of hydrogen-bond donors (Lipinski definition) is 2. The summed E-state index contributed by atoms with van der Waals surface area (Å²) in [6.07, 6.45) is 1.59. The zero-order chi connectivity index (χ0) is 8.27. The molecule has 3 atom stereocenters. The molecule has 1 fully saturated rings. The van der Waals surface area contributed by atoms with Crippen molar-refractivity contribution in [3.8, 4) is 0 Å². The number of methoxy groups -OCH3 is 1. The molecule has 0 aliphatic heterocycles. The van der Waals surface area contributed by atoms with Crippen LogP contribution in [0, 0.1) is 5.92 Å². The highest BCUT2D eigenvalue weighted by Gasteiger charge is 2.32. The van der Waals surface area contributed by atoms with Gasteiger partial charge in [-0.25, -0.2) is 0 Å². The maximum Gasteiger partial charge on any atom is 0.0559 e. The van der Waals surface area contributed by atoms with Crippen LogP contribution in [0.2, 0.25) is 0 Å². The lowest BCUT2D eigenvalue weighted by molar-refractivity contribution is 0.132. The number of aliphatic hydroxyl groups excluding tert-OH is 1. The topological polar surface area (TPSA) is 41.5 Å². The van der Waals surface area contributed by atoms with Crippen molar-refractivity contribution < 1.29 is 9.84 Å². The van der Waals surface area contributed by atoms with Crippen molar-refractivity contribution in [1.29, 1.82) is 0 Å². The van der Waals surface area contributed by atoms with Crippen molar-refractivity contribution in [2.24, 2.45) is 5.92 Å². The van der Waals surface area contributed by atoms with Crippen molar-refractivity contribution in [3.63, 3.8) is 0 Å². The molecule has 3 unspecified atom stereocenters. The van der Waals surface area contributed by atoms with Crippen LogP contribution < -0.4 is 3.53 Å². The van der Waals surface area contributed by atoms with Crippen LogP contribution in [-0.4, -0.2) is 31.0 Å². The molecule has 1 rings (SSSR count). The molecule has 0 radical (unpaired) electrons. The van der Waals surface area contributed by atoms with E-state index in [0.717, 1.165) is 19.4 Å². The summed E-state index contributed by atoms with van der Waals surface area (Å²) in [4.78, 5) is 0. The SMILES string of the molecule is COCC1CC(O)CC1NI. The molecular formula is C7H14INO2. The highest BCUT2D eigenvalue weighted by Crippen LogP contribution is 2.26. The van der Waals surface area contributed by atoms with Crippen molar-refractivity contribution in [1.82, 2.24) is 3.53 Å². The first-order valence-electron chi connectivity index (χ1n) is 3.81. The van der Waals surface area contributed by atoms with Gasteiger partial charge < -0.3 is 9.84 Å². The Bertz CT molecular complexity index is 123. The first kappa shape index (κ1) is 9.70. The Morgan fingerprint density at radius 1 is 1.64 bits per heavy atom. The monoisotopic (exact) mass is 271 g/mol. The lowest BCUT2D eigenvalue weighted by Gasteiger charge is -2.15. The summed E-state index contributed by atoms with van der Waals surface area (Å²) in [5.74, 6) is 0.479. The minimum atomic E-state index is -0.137. The van der Waals surface area contributed by atoms with Crippen molar-refractivity contribution in [2.75, 3.05) is 13.7 Å². The van der Waals surface area contributed by atoms with Crippen LogP contribution >= 0.6 is 22.9 Å². The van der Waals surface area contributed by atoms with Crippen molar-refractivity contribution >= 4 is 22.9 Å². The average Bonchev–Trinajstić information content (AvgIpc) is 2.32. The van der Waals surface area contributed by atoms with Gasteiger partial charge in [-0.05, 0) is 12.8 Å². The molecule has 4 heteroatoms. The van der Waals surface area contributed by atoms with Gasteiger partial charge in [0.25, 0.3) is 0 Å². The number of aliphatic hydroxyl groups is 1. The molecule has 1 aliphatic rings. The average molecular weight is 271 g/mol. The second-order valence-electron chi connectivity index (χ2n) is 3.06. The second-order valence-corrected chi connectivity index (χ2v) is 3.68. The second kappa shape index (κ2) is 4.59. The molecule has 3 nitrogen and oxygen atoms in total. The minimum Gasteiger partial charge on any atom is -0.393 e. The molecular weight excluding hydrogens is 257 g/mol. The Morgan fingerprint density at radius 3 is 2.91 bits per heavy atom. The van der Waals surface area contributed by atoms with Crippen LogP contribution in [0.15, 0.2) is 0 Å². The molecule has 11 heavy (non-hydrogen) atoms. The van der Waals surface area contributed by atoms with E-state index in [-0.39, 0.29) is 6.10 Å². The zero-order valence-corrected chi connectivity index (χ0v) is 8.74. The molecule has 0 saturated heterocycles. The first-order chi connectivity index (χ1) is 5.27. The molecule has 0 aromatic rings. The quantitative estimate of drug-likeness (QED) is 0.587. The summed E-state index contributed by atoms with van der Waals surface area (Å²) in [6, 6.07) is 0.422. The highest BCUT2D eigenvalue weighted by molar-refractivity contribution is 14.1. The fourth-order valence-electron chi connectivity index (χ4n) is 1.63. The summed E-state index contributed by atoms with van der Waals surface area (Å²) < 4.78 is 8.21. The minimum absolute atomic E-state index is 0.137. The largest absolute Gasteiger partial charge is 0.393 e. The Balaban J connectivity index is 2.37. The molecule has 66 valence electrons. The molecule has 0 bridgehead atoms.